The van der Waals surface area contributed by atoms with Gasteiger partial charge < -0.3 is 19.7 Å². The zero-order valence-electron chi connectivity index (χ0n) is 24.8. The fourth-order valence-electron chi connectivity index (χ4n) is 4.22. The Morgan fingerprint density at radius 3 is 2.26 bits per heavy atom. The molecule has 0 bridgehead atoms. The van der Waals surface area contributed by atoms with E-state index in [-0.39, 0.29) is 34.8 Å². The van der Waals surface area contributed by atoms with Gasteiger partial charge in [-0.2, -0.15) is 0 Å². The van der Waals surface area contributed by atoms with Crippen LogP contribution < -0.4 is 19.1 Å². The molecule has 3 aromatic carbocycles. The summed E-state index contributed by atoms with van der Waals surface area (Å²) in [5, 5.41) is 2.93. The molecular formula is C31H38BrN3O6S. The zero-order chi connectivity index (χ0) is 31.0. The van der Waals surface area contributed by atoms with Crippen LogP contribution in [0.1, 0.15) is 38.3 Å². The molecule has 0 aliphatic carbocycles. The van der Waals surface area contributed by atoms with Gasteiger partial charge in [0.25, 0.3) is 10.0 Å². The maximum absolute atomic E-state index is 14.2. The standard InChI is InChI=1S/C31H38BrN3O6S/c1-7-22(3)33-31(37)23(4)34(19-24-9-8-10-25(32)17-24)30(36)20-35(28-18-26(40-5)13-16-29(28)41-6)42(38,39)27-14-11-21(2)12-15-27/h8-18,22-23H,7,19-20H2,1-6H3,(H,33,37). The van der Waals surface area contributed by atoms with Crippen LogP contribution >= 0.6 is 15.9 Å². The predicted octanol–water partition coefficient (Wildman–Crippen LogP) is 5.30. The van der Waals surface area contributed by atoms with E-state index in [1.807, 2.05) is 45.0 Å². The molecule has 1 N–H and O–H groups in total. The van der Waals surface area contributed by atoms with Crippen molar-refractivity contribution < 1.29 is 27.5 Å². The van der Waals surface area contributed by atoms with E-state index >= 15 is 0 Å². The molecule has 0 radical (unpaired) electrons. The molecule has 0 heterocycles. The summed E-state index contributed by atoms with van der Waals surface area (Å²) in [6.45, 7) is 6.83. The van der Waals surface area contributed by atoms with E-state index in [1.165, 1.54) is 37.3 Å². The molecule has 9 nitrogen and oxygen atoms in total. The Labute approximate surface area is 257 Å². The van der Waals surface area contributed by atoms with Crippen molar-refractivity contribution in [3.8, 4) is 11.5 Å². The van der Waals surface area contributed by atoms with Crippen molar-refractivity contribution in [1.82, 2.24) is 10.2 Å². The van der Waals surface area contributed by atoms with Gasteiger partial charge in [0.1, 0.15) is 24.1 Å². The summed E-state index contributed by atoms with van der Waals surface area (Å²) < 4.78 is 41.0. The SMILES string of the molecule is CCC(C)NC(=O)C(C)N(Cc1cccc(Br)c1)C(=O)CN(c1cc(OC)ccc1OC)S(=O)(=O)c1ccc(C)cc1. The molecule has 2 atom stereocenters. The fourth-order valence-corrected chi connectivity index (χ4v) is 6.09. The molecule has 0 fully saturated rings. The lowest BCUT2D eigenvalue weighted by Crippen LogP contribution is -2.52. The number of carbonyl (C=O) groups is 2. The number of carbonyl (C=O) groups excluding carboxylic acids is 2. The lowest BCUT2D eigenvalue weighted by Gasteiger charge is -2.33. The first kappa shape index (κ1) is 32.9. The summed E-state index contributed by atoms with van der Waals surface area (Å²) >= 11 is 3.46. The van der Waals surface area contributed by atoms with Gasteiger partial charge in [-0.15, -0.1) is 0 Å². The smallest absolute Gasteiger partial charge is 0.264 e. The molecule has 11 heteroatoms. The molecule has 0 aliphatic heterocycles. The first-order chi connectivity index (χ1) is 19.9. The lowest BCUT2D eigenvalue weighted by atomic mass is 10.1. The summed E-state index contributed by atoms with van der Waals surface area (Å²) in [4.78, 5) is 28.8. The van der Waals surface area contributed by atoms with Gasteiger partial charge in [0, 0.05) is 23.1 Å². The van der Waals surface area contributed by atoms with Crippen LogP contribution in [0.4, 0.5) is 5.69 Å². The number of ether oxygens (including phenoxy) is 2. The number of benzene rings is 3. The van der Waals surface area contributed by atoms with Crippen LogP contribution in [-0.4, -0.2) is 58.0 Å². The Hall–Kier alpha value is -3.57. The first-order valence-electron chi connectivity index (χ1n) is 13.6. The molecule has 0 saturated heterocycles. The molecule has 0 spiro atoms. The zero-order valence-corrected chi connectivity index (χ0v) is 27.2. The van der Waals surface area contributed by atoms with Crippen LogP contribution in [-0.2, 0) is 26.2 Å². The summed E-state index contributed by atoms with van der Waals surface area (Å²) in [6, 6.07) is 17.5. The topological polar surface area (TPSA) is 105 Å². The molecule has 226 valence electrons. The van der Waals surface area contributed by atoms with Crippen molar-refractivity contribution in [3.63, 3.8) is 0 Å². The number of nitrogens with zero attached hydrogens (tertiary/aromatic N) is 2. The van der Waals surface area contributed by atoms with Gasteiger partial charge in [0.2, 0.25) is 11.8 Å². The minimum atomic E-state index is -4.26. The molecule has 2 unspecified atom stereocenters. The third-order valence-corrected chi connectivity index (χ3v) is 9.22. The number of amides is 2. The van der Waals surface area contributed by atoms with Crippen LogP contribution in [0.25, 0.3) is 0 Å². The second kappa shape index (κ2) is 14.6. The number of methoxy groups -OCH3 is 2. The number of hydrogen-bond donors (Lipinski definition) is 1. The van der Waals surface area contributed by atoms with E-state index in [4.69, 9.17) is 9.47 Å². The van der Waals surface area contributed by atoms with Crippen LogP contribution in [0.2, 0.25) is 0 Å². The largest absolute Gasteiger partial charge is 0.497 e. The van der Waals surface area contributed by atoms with E-state index in [0.717, 1.165) is 26.3 Å². The van der Waals surface area contributed by atoms with E-state index in [2.05, 4.69) is 21.2 Å². The molecule has 2 amide bonds. The lowest BCUT2D eigenvalue weighted by molar-refractivity contribution is -0.139. The molecular weight excluding hydrogens is 622 g/mol. The minimum absolute atomic E-state index is 0.00637. The minimum Gasteiger partial charge on any atom is -0.497 e. The van der Waals surface area contributed by atoms with Crippen molar-refractivity contribution in [2.24, 2.45) is 0 Å². The number of anilines is 1. The highest BCUT2D eigenvalue weighted by molar-refractivity contribution is 9.10. The third kappa shape index (κ3) is 8.04. The number of hydrogen-bond acceptors (Lipinski definition) is 6. The Morgan fingerprint density at radius 1 is 0.976 bits per heavy atom. The predicted molar refractivity (Wildman–Crippen MR) is 167 cm³/mol. The number of halogens is 1. The van der Waals surface area contributed by atoms with Crippen molar-refractivity contribution in [2.75, 3.05) is 25.1 Å². The maximum atomic E-state index is 14.2. The normalized spacial score (nSPS) is 12.6. The summed E-state index contributed by atoms with van der Waals surface area (Å²) in [5.41, 5.74) is 1.79. The highest BCUT2D eigenvalue weighted by Gasteiger charge is 2.34. The Morgan fingerprint density at radius 2 is 1.67 bits per heavy atom. The number of sulfonamides is 1. The second-order valence-electron chi connectivity index (χ2n) is 10.0. The van der Waals surface area contributed by atoms with Crippen LogP contribution in [0, 0.1) is 6.92 Å². The first-order valence-corrected chi connectivity index (χ1v) is 15.8. The van der Waals surface area contributed by atoms with Gasteiger partial charge in [0.05, 0.1) is 24.8 Å². The third-order valence-electron chi connectivity index (χ3n) is 6.95. The van der Waals surface area contributed by atoms with Crippen LogP contribution in [0.5, 0.6) is 11.5 Å². The van der Waals surface area contributed by atoms with Gasteiger partial charge in [0.15, 0.2) is 0 Å². The van der Waals surface area contributed by atoms with E-state index in [1.54, 1.807) is 31.2 Å². The number of rotatable bonds is 13. The summed E-state index contributed by atoms with van der Waals surface area (Å²) in [7, 11) is -1.38. The molecule has 0 aromatic heterocycles. The van der Waals surface area contributed by atoms with Crippen molar-refractivity contribution in [2.45, 2.75) is 57.6 Å². The number of nitrogens with one attached hydrogen (secondary N) is 1. The second-order valence-corrected chi connectivity index (χ2v) is 12.8. The molecule has 3 rings (SSSR count). The van der Waals surface area contributed by atoms with E-state index in [0.29, 0.717) is 5.75 Å². The summed E-state index contributed by atoms with van der Waals surface area (Å²) in [6.07, 6.45) is 0.718. The molecule has 0 aliphatic rings. The molecule has 3 aromatic rings. The van der Waals surface area contributed by atoms with E-state index < -0.39 is 28.5 Å². The highest BCUT2D eigenvalue weighted by atomic mass is 79.9. The Bertz CT molecular complexity index is 1500. The Balaban J connectivity index is 2.12. The van der Waals surface area contributed by atoms with Crippen LogP contribution in [0.3, 0.4) is 0 Å². The molecule has 0 saturated carbocycles. The quantitative estimate of drug-likeness (QED) is 0.267. The number of aryl methyl sites for hydroxylation is 1. The van der Waals surface area contributed by atoms with Gasteiger partial charge in [-0.25, -0.2) is 8.42 Å². The van der Waals surface area contributed by atoms with Gasteiger partial charge in [-0.1, -0.05) is 52.7 Å². The van der Waals surface area contributed by atoms with Crippen LogP contribution in [0.15, 0.2) is 76.1 Å². The highest BCUT2D eigenvalue weighted by Crippen LogP contribution is 2.36. The van der Waals surface area contributed by atoms with Crippen molar-refractivity contribution in [3.05, 3.63) is 82.3 Å². The van der Waals surface area contributed by atoms with Gasteiger partial charge in [-0.05, 0) is 69.2 Å². The monoisotopic (exact) mass is 659 g/mol. The maximum Gasteiger partial charge on any atom is 0.264 e. The van der Waals surface area contributed by atoms with E-state index in [9.17, 15) is 18.0 Å². The molecule has 42 heavy (non-hydrogen) atoms. The van der Waals surface area contributed by atoms with Gasteiger partial charge >= 0.3 is 0 Å². The fraction of sp³-hybridized carbons (Fsp3) is 0.355. The average molecular weight is 661 g/mol. The van der Waals surface area contributed by atoms with Crippen molar-refractivity contribution >= 4 is 43.5 Å². The Kier molecular flexibility index (Phi) is 11.4. The summed E-state index contributed by atoms with van der Waals surface area (Å²) in [5.74, 6) is -0.281. The average Bonchev–Trinajstić information content (AvgIpc) is 2.97. The van der Waals surface area contributed by atoms with Crippen molar-refractivity contribution in [1.29, 1.82) is 0 Å². The van der Waals surface area contributed by atoms with Gasteiger partial charge in [-0.3, -0.25) is 13.9 Å².